The normalized spacial score (nSPS) is 12.0. The van der Waals surface area contributed by atoms with Crippen LogP contribution < -0.4 is 10.2 Å². The Hall–Kier alpha value is -2.73. The molecule has 1 atom stereocenters. The number of nitrogens with one attached hydrogen (secondary N) is 2. The van der Waals surface area contributed by atoms with E-state index in [1.165, 1.54) is 11.0 Å². The summed E-state index contributed by atoms with van der Waals surface area (Å²) in [6.45, 7) is 0.549. The number of aldehydes is 1. The summed E-state index contributed by atoms with van der Waals surface area (Å²) in [7, 11) is 4.09. The van der Waals surface area contributed by atoms with E-state index in [0.717, 1.165) is 5.56 Å². The number of anilines is 1. The predicted octanol–water partition coefficient (Wildman–Crippen LogP) is 1.71. The highest BCUT2D eigenvalue weighted by molar-refractivity contribution is 5.79. The highest BCUT2D eigenvalue weighted by Crippen LogP contribution is 2.25. The first-order valence-corrected chi connectivity index (χ1v) is 7.35. The third-order valence-electron chi connectivity index (χ3n) is 3.75. The van der Waals surface area contributed by atoms with Crippen molar-refractivity contribution in [1.29, 1.82) is 0 Å². The van der Waals surface area contributed by atoms with Gasteiger partial charge in [-0.2, -0.15) is 0 Å². The quantitative estimate of drug-likeness (QED) is 0.463. The van der Waals surface area contributed by atoms with Gasteiger partial charge in [0.05, 0.1) is 25.6 Å². The van der Waals surface area contributed by atoms with Gasteiger partial charge in [0.2, 0.25) is 0 Å². The number of carbonyl (C=O) groups excluding carboxylic acids is 1. The van der Waals surface area contributed by atoms with E-state index in [1.54, 1.807) is 12.1 Å². The third-order valence-corrected chi connectivity index (χ3v) is 3.75. The standard InChI is InChI=1S/C17H19N3O3/c1-19(2)17(14-6-4-3-5-7-14)11-18-15-9-8-13(12-21)10-16(15)20(22)23/h3-10,12,17-18H,11H2,1-2H3/p+1/t17-/m0/s1. The van der Waals surface area contributed by atoms with Crippen molar-refractivity contribution in [3.05, 3.63) is 69.8 Å². The molecule has 6 heteroatoms. The summed E-state index contributed by atoms with van der Waals surface area (Å²) in [6, 6.07) is 14.6. The molecule has 23 heavy (non-hydrogen) atoms. The van der Waals surface area contributed by atoms with Crippen molar-refractivity contribution in [3.63, 3.8) is 0 Å². The van der Waals surface area contributed by atoms with Crippen molar-refractivity contribution in [2.75, 3.05) is 26.0 Å². The molecule has 0 fully saturated rings. The van der Waals surface area contributed by atoms with Crippen molar-refractivity contribution >= 4 is 17.7 Å². The molecule has 0 saturated heterocycles. The molecule has 120 valence electrons. The van der Waals surface area contributed by atoms with Gasteiger partial charge in [0.15, 0.2) is 0 Å². The molecule has 0 spiro atoms. The highest BCUT2D eigenvalue weighted by atomic mass is 16.6. The lowest BCUT2D eigenvalue weighted by atomic mass is 10.1. The second-order valence-corrected chi connectivity index (χ2v) is 5.57. The lowest BCUT2D eigenvalue weighted by molar-refractivity contribution is -0.890. The van der Waals surface area contributed by atoms with Crippen molar-refractivity contribution in [1.82, 2.24) is 0 Å². The molecule has 0 heterocycles. The van der Waals surface area contributed by atoms with Gasteiger partial charge in [0.1, 0.15) is 18.0 Å². The van der Waals surface area contributed by atoms with Crippen LogP contribution >= 0.6 is 0 Å². The van der Waals surface area contributed by atoms with Crippen LogP contribution in [0.2, 0.25) is 0 Å². The van der Waals surface area contributed by atoms with Crippen LogP contribution in [0.5, 0.6) is 0 Å². The summed E-state index contributed by atoms with van der Waals surface area (Å²) in [5.74, 6) is 0. The van der Waals surface area contributed by atoms with E-state index in [4.69, 9.17) is 0 Å². The minimum absolute atomic E-state index is 0.0878. The number of nitro groups is 1. The van der Waals surface area contributed by atoms with Gasteiger partial charge in [-0.05, 0) is 12.1 Å². The topological polar surface area (TPSA) is 76.7 Å². The largest absolute Gasteiger partial charge is 0.373 e. The van der Waals surface area contributed by atoms with Crippen LogP contribution in [-0.2, 0) is 0 Å². The average Bonchev–Trinajstić information content (AvgIpc) is 2.55. The molecule has 0 aliphatic rings. The second kappa shape index (κ2) is 7.51. The molecule has 0 aromatic heterocycles. The Morgan fingerprint density at radius 3 is 2.48 bits per heavy atom. The lowest BCUT2D eigenvalue weighted by Gasteiger charge is -2.22. The van der Waals surface area contributed by atoms with E-state index < -0.39 is 4.92 Å². The SMILES string of the molecule is C[NH+](C)[C@@H](CNc1ccc(C=O)cc1[N+](=O)[O-])c1ccccc1. The van der Waals surface area contributed by atoms with Gasteiger partial charge in [-0.3, -0.25) is 14.9 Å². The highest BCUT2D eigenvalue weighted by Gasteiger charge is 2.20. The number of hydrogen-bond acceptors (Lipinski definition) is 4. The third kappa shape index (κ3) is 4.14. The van der Waals surface area contributed by atoms with Crippen LogP contribution in [0, 0.1) is 10.1 Å². The van der Waals surface area contributed by atoms with Gasteiger partial charge >= 0.3 is 0 Å². The zero-order chi connectivity index (χ0) is 16.8. The number of quaternary nitrogens is 1. The fourth-order valence-electron chi connectivity index (χ4n) is 2.48. The average molecular weight is 314 g/mol. The van der Waals surface area contributed by atoms with E-state index >= 15 is 0 Å². The number of likely N-dealkylation sites (N-methyl/N-ethyl adjacent to an activating group) is 1. The van der Waals surface area contributed by atoms with Crippen molar-refractivity contribution < 1.29 is 14.6 Å². The number of carbonyl (C=O) groups is 1. The first kappa shape index (κ1) is 16.6. The number of nitrogens with zero attached hydrogens (tertiary/aromatic N) is 1. The van der Waals surface area contributed by atoms with Crippen LogP contribution in [0.1, 0.15) is 22.0 Å². The molecule has 0 aliphatic carbocycles. The van der Waals surface area contributed by atoms with E-state index in [9.17, 15) is 14.9 Å². The lowest BCUT2D eigenvalue weighted by Crippen LogP contribution is -3.06. The minimum Gasteiger partial charge on any atom is -0.373 e. The molecule has 2 aromatic rings. The molecular formula is C17H20N3O3+. The van der Waals surface area contributed by atoms with Crippen molar-refractivity contribution in [3.8, 4) is 0 Å². The monoisotopic (exact) mass is 314 g/mol. The molecule has 0 bridgehead atoms. The van der Waals surface area contributed by atoms with E-state index in [-0.39, 0.29) is 11.7 Å². The second-order valence-electron chi connectivity index (χ2n) is 5.57. The fourth-order valence-corrected chi connectivity index (χ4v) is 2.48. The van der Waals surface area contributed by atoms with Gasteiger partial charge in [-0.15, -0.1) is 0 Å². The fraction of sp³-hybridized carbons (Fsp3) is 0.235. The molecule has 2 rings (SSSR count). The van der Waals surface area contributed by atoms with Gasteiger partial charge in [0, 0.05) is 17.2 Å². The maximum atomic E-state index is 11.2. The molecular weight excluding hydrogens is 294 g/mol. The minimum atomic E-state index is -0.477. The summed E-state index contributed by atoms with van der Waals surface area (Å²) in [5, 5.41) is 14.3. The molecule has 2 aromatic carbocycles. The van der Waals surface area contributed by atoms with E-state index in [0.29, 0.717) is 24.1 Å². The van der Waals surface area contributed by atoms with Crippen LogP contribution in [0.4, 0.5) is 11.4 Å². The van der Waals surface area contributed by atoms with Crippen LogP contribution in [-0.4, -0.2) is 31.8 Å². The smallest absolute Gasteiger partial charge is 0.293 e. The Bertz CT molecular complexity index is 687. The molecule has 0 radical (unpaired) electrons. The molecule has 2 N–H and O–H groups in total. The number of hydrogen-bond donors (Lipinski definition) is 2. The number of rotatable bonds is 7. The first-order chi connectivity index (χ1) is 11.0. The molecule has 0 saturated carbocycles. The van der Waals surface area contributed by atoms with Gasteiger partial charge in [0.25, 0.3) is 5.69 Å². The maximum absolute atomic E-state index is 11.2. The Balaban J connectivity index is 2.21. The Kier molecular flexibility index (Phi) is 5.43. The van der Waals surface area contributed by atoms with Gasteiger partial charge in [-0.25, -0.2) is 0 Å². The summed E-state index contributed by atoms with van der Waals surface area (Å²) < 4.78 is 0. The van der Waals surface area contributed by atoms with E-state index in [1.807, 2.05) is 44.4 Å². The van der Waals surface area contributed by atoms with Crippen molar-refractivity contribution in [2.24, 2.45) is 0 Å². The zero-order valence-electron chi connectivity index (χ0n) is 13.2. The molecule has 0 unspecified atom stereocenters. The van der Waals surface area contributed by atoms with Crippen LogP contribution in [0.25, 0.3) is 0 Å². The van der Waals surface area contributed by atoms with Gasteiger partial charge < -0.3 is 10.2 Å². The predicted molar refractivity (Wildman–Crippen MR) is 89.0 cm³/mol. The molecule has 0 aliphatic heterocycles. The zero-order valence-corrected chi connectivity index (χ0v) is 13.2. The Morgan fingerprint density at radius 1 is 1.22 bits per heavy atom. The van der Waals surface area contributed by atoms with Crippen LogP contribution in [0.3, 0.4) is 0 Å². The summed E-state index contributed by atoms with van der Waals surface area (Å²) in [6.07, 6.45) is 0.605. The molecule has 0 amide bonds. The van der Waals surface area contributed by atoms with Crippen LogP contribution in [0.15, 0.2) is 48.5 Å². The van der Waals surface area contributed by atoms with E-state index in [2.05, 4.69) is 5.32 Å². The Morgan fingerprint density at radius 2 is 1.91 bits per heavy atom. The summed E-state index contributed by atoms with van der Waals surface area (Å²) >= 11 is 0. The van der Waals surface area contributed by atoms with Crippen molar-refractivity contribution in [2.45, 2.75) is 6.04 Å². The number of nitro benzene ring substituents is 1. The number of benzene rings is 2. The van der Waals surface area contributed by atoms with Gasteiger partial charge in [-0.1, -0.05) is 30.3 Å². The molecule has 6 nitrogen and oxygen atoms in total. The maximum Gasteiger partial charge on any atom is 0.293 e. The Labute approximate surface area is 134 Å². The summed E-state index contributed by atoms with van der Waals surface area (Å²) in [4.78, 5) is 22.7. The first-order valence-electron chi connectivity index (χ1n) is 7.35. The summed E-state index contributed by atoms with van der Waals surface area (Å²) in [5.41, 5.74) is 1.78.